The molecule has 0 aliphatic carbocycles. The van der Waals surface area contributed by atoms with Crippen LogP contribution in [-0.4, -0.2) is 41.3 Å². The van der Waals surface area contributed by atoms with Gasteiger partial charge >= 0.3 is 0 Å². The predicted molar refractivity (Wildman–Crippen MR) is 114 cm³/mol. The Morgan fingerprint density at radius 2 is 1.72 bits per heavy atom. The number of carbonyl (C=O) groups excluding carboxylic acids is 2. The first-order valence-electron chi connectivity index (χ1n) is 10.3. The highest BCUT2D eigenvalue weighted by molar-refractivity contribution is 5.89. The van der Waals surface area contributed by atoms with Gasteiger partial charge in [-0.15, -0.1) is 0 Å². The van der Waals surface area contributed by atoms with Gasteiger partial charge in [0.15, 0.2) is 0 Å². The van der Waals surface area contributed by atoms with E-state index in [1.165, 1.54) is 5.56 Å². The Hall–Kier alpha value is -3.08. The molecule has 1 saturated heterocycles. The molecule has 150 valence electrons. The summed E-state index contributed by atoms with van der Waals surface area (Å²) in [6.45, 7) is 1.96. The van der Waals surface area contributed by atoms with Crippen LogP contribution in [0.25, 0.3) is 10.9 Å². The zero-order chi connectivity index (χ0) is 20.1. The number of amides is 2. The van der Waals surface area contributed by atoms with Crippen molar-refractivity contribution in [2.45, 2.75) is 25.7 Å². The molecule has 5 nitrogen and oxygen atoms in total. The summed E-state index contributed by atoms with van der Waals surface area (Å²) in [5, 5.41) is 4.16. The molecule has 29 heavy (non-hydrogen) atoms. The molecule has 2 aromatic carbocycles. The third-order valence-electron chi connectivity index (χ3n) is 5.79. The number of fused-ring (bicyclic) bond motifs is 1. The van der Waals surface area contributed by atoms with Gasteiger partial charge in [-0.2, -0.15) is 0 Å². The number of para-hydroxylation sites is 1. The highest BCUT2D eigenvalue weighted by Crippen LogP contribution is 2.21. The first-order valence-corrected chi connectivity index (χ1v) is 10.3. The third kappa shape index (κ3) is 4.67. The fraction of sp³-hybridized carbons (Fsp3) is 0.333. The van der Waals surface area contributed by atoms with Crippen molar-refractivity contribution in [3.8, 4) is 0 Å². The maximum Gasteiger partial charge on any atom is 0.227 e. The molecule has 0 spiro atoms. The van der Waals surface area contributed by atoms with Crippen LogP contribution in [0.5, 0.6) is 0 Å². The van der Waals surface area contributed by atoms with Gasteiger partial charge in [-0.25, -0.2) is 0 Å². The summed E-state index contributed by atoms with van der Waals surface area (Å²) in [4.78, 5) is 30.3. The largest absolute Gasteiger partial charge is 0.361 e. The van der Waals surface area contributed by atoms with Crippen LogP contribution in [0.1, 0.15) is 24.0 Å². The molecule has 5 heteroatoms. The summed E-state index contributed by atoms with van der Waals surface area (Å²) in [7, 11) is 0. The van der Waals surface area contributed by atoms with E-state index in [0.29, 0.717) is 26.1 Å². The van der Waals surface area contributed by atoms with Gasteiger partial charge in [0.25, 0.3) is 0 Å². The molecule has 4 rings (SSSR count). The lowest BCUT2D eigenvalue weighted by molar-refractivity contribution is -0.135. The van der Waals surface area contributed by atoms with Crippen LogP contribution in [0.2, 0.25) is 0 Å². The van der Waals surface area contributed by atoms with Crippen molar-refractivity contribution in [1.82, 2.24) is 15.2 Å². The number of hydrogen-bond donors (Lipinski definition) is 2. The topological polar surface area (TPSA) is 65.2 Å². The maximum absolute atomic E-state index is 12.7. The standard InChI is InChI=1S/C24H27N3O2/c28-23(16-20-17-26-22-9-5-4-8-21(20)22)27-14-11-19(12-15-27)24(29)25-13-10-18-6-2-1-3-7-18/h1-9,17,19,26H,10-16H2,(H,25,29). The Morgan fingerprint density at radius 3 is 2.52 bits per heavy atom. The molecule has 3 aromatic rings. The quantitative estimate of drug-likeness (QED) is 0.679. The van der Waals surface area contributed by atoms with E-state index < -0.39 is 0 Å². The van der Waals surface area contributed by atoms with Crippen molar-refractivity contribution in [3.63, 3.8) is 0 Å². The summed E-state index contributed by atoms with van der Waals surface area (Å²) in [5.41, 5.74) is 3.32. The van der Waals surface area contributed by atoms with Crippen molar-refractivity contribution in [3.05, 3.63) is 71.9 Å². The van der Waals surface area contributed by atoms with E-state index in [1.807, 2.05) is 53.6 Å². The minimum absolute atomic E-state index is 0.00270. The number of rotatable bonds is 6. The van der Waals surface area contributed by atoms with Crippen LogP contribution >= 0.6 is 0 Å². The first-order chi connectivity index (χ1) is 14.2. The highest BCUT2D eigenvalue weighted by atomic mass is 16.2. The average molecular weight is 389 g/mol. The van der Waals surface area contributed by atoms with E-state index in [0.717, 1.165) is 35.7 Å². The fourth-order valence-electron chi connectivity index (χ4n) is 4.06. The van der Waals surface area contributed by atoms with Crippen LogP contribution in [0.3, 0.4) is 0 Å². The number of aromatic amines is 1. The van der Waals surface area contributed by atoms with Crippen molar-refractivity contribution in [1.29, 1.82) is 0 Å². The molecule has 1 aliphatic heterocycles. The Balaban J connectivity index is 1.23. The lowest BCUT2D eigenvalue weighted by Gasteiger charge is -2.31. The molecular formula is C24H27N3O2. The SMILES string of the molecule is O=C(NCCc1ccccc1)C1CCN(C(=O)Cc2c[nH]c3ccccc23)CC1. The molecule has 2 amide bonds. The second kappa shape index (κ2) is 8.95. The van der Waals surface area contributed by atoms with Gasteiger partial charge in [-0.3, -0.25) is 9.59 Å². The summed E-state index contributed by atoms with van der Waals surface area (Å²) >= 11 is 0. The summed E-state index contributed by atoms with van der Waals surface area (Å²) in [5.74, 6) is 0.255. The minimum atomic E-state index is 0.00270. The lowest BCUT2D eigenvalue weighted by Crippen LogP contribution is -2.43. The molecule has 2 N–H and O–H groups in total. The van der Waals surface area contributed by atoms with Crippen LogP contribution < -0.4 is 5.32 Å². The molecule has 0 saturated carbocycles. The molecule has 1 fully saturated rings. The van der Waals surface area contributed by atoms with Gasteiger partial charge in [0.2, 0.25) is 11.8 Å². The number of benzene rings is 2. The van der Waals surface area contributed by atoms with E-state index in [1.54, 1.807) is 0 Å². The van der Waals surface area contributed by atoms with Crippen LogP contribution in [0, 0.1) is 5.92 Å². The second-order valence-electron chi connectivity index (χ2n) is 7.72. The fourth-order valence-corrected chi connectivity index (χ4v) is 4.06. The molecule has 2 heterocycles. The van der Waals surface area contributed by atoms with Crippen molar-refractivity contribution in [2.75, 3.05) is 19.6 Å². The number of likely N-dealkylation sites (tertiary alicyclic amines) is 1. The van der Waals surface area contributed by atoms with Crippen LogP contribution in [0.15, 0.2) is 60.8 Å². The predicted octanol–water partition coefficient (Wildman–Crippen LogP) is 3.31. The maximum atomic E-state index is 12.7. The number of carbonyl (C=O) groups is 2. The van der Waals surface area contributed by atoms with Crippen LogP contribution in [-0.2, 0) is 22.4 Å². The van der Waals surface area contributed by atoms with Gasteiger partial charge < -0.3 is 15.2 Å². The Kier molecular flexibility index (Phi) is 5.94. The average Bonchev–Trinajstić information content (AvgIpc) is 3.17. The summed E-state index contributed by atoms with van der Waals surface area (Å²) in [6, 6.07) is 18.2. The normalized spacial score (nSPS) is 14.8. The first kappa shape index (κ1) is 19.2. The number of nitrogens with one attached hydrogen (secondary N) is 2. The number of nitrogens with zero attached hydrogens (tertiary/aromatic N) is 1. The van der Waals surface area contributed by atoms with Crippen LogP contribution in [0.4, 0.5) is 0 Å². The monoisotopic (exact) mass is 389 g/mol. The molecule has 0 radical (unpaired) electrons. The lowest BCUT2D eigenvalue weighted by atomic mass is 9.95. The number of H-pyrrole nitrogens is 1. The Morgan fingerprint density at radius 1 is 1.00 bits per heavy atom. The zero-order valence-corrected chi connectivity index (χ0v) is 16.6. The second-order valence-corrected chi connectivity index (χ2v) is 7.72. The molecule has 0 atom stereocenters. The number of aromatic nitrogens is 1. The molecular weight excluding hydrogens is 362 g/mol. The van der Waals surface area contributed by atoms with E-state index in [9.17, 15) is 9.59 Å². The summed E-state index contributed by atoms with van der Waals surface area (Å²) < 4.78 is 0. The van der Waals surface area contributed by atoms with E-state index in [4.69, 9.17) is 0 Å². The molecule has 1 aromatic heterocycles. The van der Waals surface area contributed by atoms with Gasteiger partial charge in [-0.05, 0) is 36.5 Å². The van der Waals surface area contributed by atoms with Crippen molar-refractivity contribution in [2.24, 2.45) is 5.92 Å². The smallest absolute Gasteiger partial charge is 0.227 e. The zero-order valence-electron chi connectivity index (χ0n) is 16.6. The highest BCUT2D eigenvalue weighted by Gasteiger charge is 2.27. The minimum Gasteiger partial charge on any atom is -0.361 e. The van der Waals surface area contributed by atoms with Gasteiger partial charge in [0.05, 0.1) is 6.42 Å². The van der Waals surface area contributed by atoms with E-state index in [2.05, 4.69) is 22.4 Å². The number of piperidine rings is 1. The Bertz CT molecular complexity index is 972. The van der Waals surface area contributed by atoms with E-state index >= 15 is 0 Å². The van der Waals surface area contributed by atoms with Gasteiger partial charge in [0.1, 0.15) is 0 Å². The Labute approximate surface area is 171 Å². The molecule has 1 aliphatic rings. The van der Waals surface area contributed by atoms with E-state index in [-0.39, 0.29) is 17.7 Å². The number of hydrogen-bond acceptors (Lipinski definition) is 2. The third-order valence-corrected chi connectivity index (χ3v) is 5.79. The van der Waals surface area contributed by atoms with Gasteiger partial charge in [0, 0.05) is 42.7 Å². The molecule has 0 unspecified atom stereocenters. The van der Waals surface area contributed by atoms with Crippen molar-refractivity contribution < 1.29 is 9.59 Å². The van der Waals surface area contributed by atoms with Gasteiger partial charge in [-0.1, -0.05) is 48.5 Å². The molecule has 0 bridgehead atoms. The van der Waals surface area contributed by atoms with Crippen molar-refractivity contribution >= 4 is 22.7 Å². The summed E-state index contributed by atoms with van der Waals surface area (Å²) in [6.07, 6.45) is 4.63.